The number of nitro groups is 1. The highest BCUT2D eigenvalue weighted by Gasteiger charge is 2.18. The molecule has 1 unspecified atom stereocenters. The lowest BCUT2D eigenvalue weighted by molar-refractivity contribution is -0.386. The molecule has 0 saturated heterocycles. The molecule has 1 aromatic rings. The van der Waals surface area contributed by atoms with E-state index < -0.39 is 4.92 Å². The molecule has 112 valence electrons. The molecule has 20 heavy (non-hydrogen) atoms. The third-order valence-corrected chi connectivity index (χ3v) is 2.66. The smallest absolute Gasteiger partial charge is 0.311 e. The molecule has 0 amide bonds. The fraction of sp³-hybridized carbons (Fsp3) is 0.571. The lowest BCUT2D eigenvalue weighted by atomic mass is 10.1. The van der Waals surface area contributed by atoms with Crippen LogP contribution in [0.15, 0.2) is 18.2 Å². The number of nitro benzene ring substituents is 1. The van der Waals surface area contributed by atoms with E-state index in [-0.39, 0.29) is 17.5 Å². The Hall–Kier alpha value is -1.66. The van der Waals surface area contributed by atoms with Crippen molar-refractivity contribution in [3.05, 3.63) is 33.9 Å². The highest BCUT2D eigenvalue weighted by Crippen LogP contribution is 2.29. The summed E-state index contributed by atoms with van der Waals surface area (Å²) >= 11 is 0. The first kappa shape index (κ1) is 16.4. The van der Waals surface area contributed by atoms with Crippen molar-refractivity contribution >= 4 is 5.69 Å². The van der Waals surface area contributed by atoms with Crippen molar-refractivity contribution in [2.24, 2.45) is 0 Å². The van der Waals surface area contributed by atoms with Gasteiger partial charge in [-0.2, -0.15) is 0 Å². The van der Waals surface area contributed by atoms with E-state index in [9.17, 15) is 10.1 Å². The molecule has 0 spiro atoms. The van der Waals surface area contributed by atoms with Crippen molar-refractivity contribution in [3.8, 4) is 5.75 Å². The summed E-state index contributed by atoms with van der Waals surface area (Å²) in [5, 5.41) is 14.4. The molecule has 0 aliphatic carbocycles. The molecule has 0 bridgehead atoms. The molecule has 0 heterocycles. The standard InChI is InChI=1S/C14H22N2O4/c1-10(2)15-8-12-5-6-14(13(7-12)16(17)18)20-11(3)9-19-4/h5-7,10-11,15H,8-9H2,1-4H3. The Morgan fingerprint density at radius 1 is 1.35 bits per heavy atom. The zero-order valence-corrected chi connectivity index (χ0v) is 12.4. The number of nitrogens with zero attached hydrogens (tertiary/aromatic N) is 1. The maximum atomic E-state index is 11.1. The maximum Gasteiger partial charge on any atom is 0.311 e. The number of hydrogen-bond donors (Lipinski definition) is 1. The SMILES string of the molecule is COCC(C)Oc1ccc(CNC(C)C)cc1[N+](=O)[O-]. The Labute approximate surface area is 119 Å². The minimum atomic E-state index is -0.423. The van der Waals surface area contributed by atoms with Crippen LogP contribution in [0.2, 0.25) is 0 Å². The quantitative estimate of drug-likeness (QED) is 0.586. The molecule has 0 aliphatic heterocycles. The predicted octanol–water partition coefficient (Wildman–Crippen LogP) is 2.51. The van der Waals surface area contributed by atoms with Gasteiger partial charge in [0.25, 0.3) is 0 Å². The molecule has 1 aromatic carbocycles. The number of nitrogens with one attached hydrogen (secondary N) is 1. The Kier molecular flexibility index (Phi) is 6.41. The van der Waals surface area contributed by atoms with E-state index in [0.717, 1.165) is 5.56 Å². The number of hydrogen-bond acceptors (Lipinski definition) is 5. The van der Waals surface area contributed by atoms with Gasteiger partial charge in [-0.05, 0) is 18.6 Å². The van der Waals surface area contributed by atoms with Crippen LogP contribution in [0.3, 0.4) is 0 Å². The maximum absolute atomic E-state index is 11.1. The average Bonchev–Trinajstić information content (AvgIpc) is 2.37. The summed E-state index contributed by atoms with van der Waals surface area (Å²) in [4.78, 5) is 10.7. The van der Waals surface area contributed by atoms with Gasteiger partial charge in [-0.15, -0.1) is 0 Å². The molecule has 1 atom stereocenters. The average molecular weight is 282 g/mol. The van der Waals surface area contributed by atoms with Gasteiger partial charge in [-0.25, -0.2) is 0 Å². The van der Waals surface area contributed by atoms with Crippen molar-refractivity contribution in [1.82, 2.24) is 5.32 Å². The molecule has 0 radical (unpaired) electrons. The van der Waals surface area contributed by atoms with Gasteiger partial charge in [-0.3, -0.25) is 10.1 Å². The molecular weight excluding hydrogens is 260 g/mol. The molecule has 1 rings (SSSR count). The van der Waals surface area contributed by atoms with E-state index in [2.05, 4.69) is 5.32 Å². The van der Waals surface area contributed by atoms with Crippen LogP contribution in [0.1, 0.15) is 26.3 Å². The van der Waals surface area contributed by atoms with Crippen molar-refractivity contribution in [2.45, 2.75) is 39.5 Å². The Bertz CT molecular complexity index is 449. The summed E-state index contributed by atoms with van der Waals surface area (Å²) in [6.45, 7) is 6.83. The van der Waals surface area contributed by atoms with Gasteiger partial charge >= 0.3 is 5.69 Å². The first-order chi connectivity index (χ1) is 9.43. The molecule has 0 aliphatic rings. The Balaban J connectivity index is 2.87. The zero-order valence-electron chi connectivity index (χ0n) is 12.4. The topological polar surface area (TPSA) is 73.6 Å². The third-order valence-electron chi connectivity index (χ3n) is 2.66. The van der Waals surface area contributed by atoms with Crippen molar-refractivity contribution in [3.63, 3.8) is 0 Å². The number of ether oxygens (including phenoxy) is 2. The second-order valence-corrected chi connectivity index (χ2v) is 4.98. The molecule has 6 heteroatoms. The van der Waals surface area contributed by atoms with Crippen molar-refractivity contribution in [1.29, 1.82) is 0 Å². The van der Waals surface area contributed by atoms with E-state index in [4.69, 9.17) is 9.47 Å². The van der Waals surface area contributed by atoms with Crippen LogP contribution in [-0.2, 0) is 11.3 Å². The van der Waals surface area contributed by atoms with E-state index in [1.54, 1.807) is 26.2 Å². The monoisotopic (exact) mass is 282 g/mol. The van der Waals surface area contributed by atoms with Gasteiger partial charge in [0.2, 0.25) is 0 Å². The summed E-state index contributed by atoms with van der Waals surface area (Å²) < 4.78 is 10.5. The molecule has 1 N–H and O–H groups in total. The van der Waals surface area contributed by atoms with Crippen molar-refractivity contribution < 1.29 is 14.4 Å². The Morgan fingerprint density at radius 3 is 2.60 bits per heavy atom. The van der Waals surface area contributed by atoms with E-state index in [0.29, 0.717) is 19.2 Å². The third kappa shape index (κ3) is 5.14. The van der Waals surface area contributed by atoms with Crippen molar-refractivity contribution in [2.75, 3.05) is 13.7 Å². The van der Waals surface area contributed by atoms with Gasteiger partial charge in [0.15, 0.2) is 5.75 Å². The first-order valence-corrected chi connectivity index (χ1v) is 6.60. The van der Waals surface area contributed by atoms with Gasteiger partial charge < -0.3 is 14.8 Å². The molecule has 6 nitrogen and oxygen atoms in total. The summed E-state index contributed by atoms with van der Waals surface area (Å²) in [6, 6.07) is 5.34. The van der Waals surface area contributed by atoms with E-state index >= 15 is 0 Å². The van der Waals surface area contributed by atoms with E-state index in [1.807, 2.05) is 19.9 Å². The summed E-state index contributed by atoms with van der Waals surface area (Å²) in [6.07, 6.45) is -0.238. The van der Waals surface area contributed by atoms with Crippen LogP contribution in [-0.4, -0.2) is 30.8 Å². The molecular formula is C14H22N2O4. The lowest BCUT2D eigenvalue weighted by Gasteiger charge is -2.14. The second kappa shape index (κ2) is 7.81. The summed E-state index contributed by atoms with van der Waals surface area (Å²) in [5.41, 5.74) is 0.841. The van der Waals surface area contributed by atoms with Crippen LogP contribution < -0.4 is 10.1 Å². The minimum Gasteiger partial charge on any atom is -0.481 e. The minimum absolute atomic E-state index is 0.0176. The Morgan fingerprint density at radius 2 is 2.05 bits per heavy atom. The van der Waals surface area contributed by atoms with Crippen LogP contribution in [0.25, 0.3) is 0 Å². The lowest BCUT2D eigenvalue weighted by Crippen LogP contribution is -2.22. The van der Waals surface area contributed by atoms with E-state index in [1.165, 1.54) is 0 Å². The molecule has 0 fully saturated rings. The number of methoxy groups -OCH3 is 1. The summed E-state index contributed by atoms with van der Waals surface area (Å²) in [5.74, 6) is 0.271. The van der Waals surface area contributed by atoms with Crippen LogP contribution in [0, 0.1) is 10.1 Å². The van der Waals surface area contributed by atoms with Crippen LogP contribution in [0.5, 0.6) is 5.75 Å². The van der Waals surface area contributed by atoms with Gasteiger partial charge in [0, 0.05) is 25.8 Å². The zero-order chi connectivity index (χ0) is 15.1. The predicted molar refractivity (Wildman–Crippen MR) is 77.0 cm³/mol. The van der Waals surface area contributed by atoms with Crippen LogP contribution in [0.4, 0.5) is 5.69 Å². The highest BCUT2D eigenvalue weighted by atomic mass is 16.6. The van der Waals surface area contributed by atoms with Gasteiger partial charge in [0.1, 0.15) is 6.10 Å². The van der Waals surface area contributed by atoms with Crippen LogP contribution >= 0.6 is 0 Å². The second-order valence-electron chi connectivity index (χ2n) is 4.98. The highest BCUT2D eigenvalue weighted by molar-refractivity contribution is 5.48. The first-order valence-electron chi connectivity index (χ1n) is 6.60. The fourth-order valence-corrected chi connectivity index (χ4v) is 1.72. The number of benzene rings is 1. The number of rotatable bonds is 8. The van der Waals surface area contributed by atoms with Gasteiger partial charge in [0.05, 0.1) is 11.5 Å². The molecule has 0 saturated carbocycles. The molecule has 0 aromatic heterocycles. The van der Waals surface area contributed by atoms with Gasteiger partial charge in [-0.1, -0.05) is 19.9 Å². The summed E-state index contributed by atoms with van der Waals surface area (Å²) in [7, 11) is 1.56. The fourth-order valence-electron chi connectivity index (χ4n) is 1.72. The normalized spacial score (nSPS) is 12.4. The largest absolute Gasteiger partial charge is 0.481 e.